The summed E-state index contributed by atoms with van der Waals surface area (Å²) in [5.41, 5.74) is 1.08. The third-order valence-electron chi connectivity index (χ3n) is 5.24. The second-order valence-electron chi connectivity index (χ2n) is 7.91. The van der Waals surface area contributed by atoms with E-state index in [1.54, 1.807) is 29.2 Å². The van der Waals surface area contributed by atoms with Crippen molar-refractivity contribution in [2.75, 3.05) is 6.54 Å². The lowest BCUT2D eigenvalue weighted by molar-refractivity contribution is 0.0679. The van der Waals surface area contributed by atoms with Crippen LogP contribution in [-0.2, 0) is 22.8 Å². The van der Waals surface area contributed by atoms with E-state index in [0.717, 1.165) is 17.1 Å². The normalized spacial score (nSPS) is 22.6. The molecule has 0 aliphatic carbocycles. The molecule has 0 spiro atoms. The summed E-state index contributed by atoms with van der Waals surface area (Å²) in [6, 6.07) is 0. The Morgan fingerprint density at radius 2 is 2.26 bits per heavy atom. The SMILES string of the molecule is Cc1nc(C(C)(C)F)oc1C(=O)N1CCc2[nH]cnc2[C@@H]1S1=NN2C=CC=C(Cl)C2=C1. The van der Waals surface area contributed by atoms with E-state index in [0.29, 0.717) is 23.7 Å². The van der Waals surface area contributed by atoms with Crippen LogP contribution in [0.5, 0.6) is 0 Å². The number of oxazole rings is 1. The summed E-state index contributed by atoms with van der Waals surface area (Å²) >= 11 is 6.35. The Morgan fingerprint density at radius 1 is 1.45 bits per heavy atom. The highest BCUT2D eigenvalue weighted by atomic mass is 35.5. The highest BCUT2D eigenvalue weighted by Gasteiger charge is 2.40. The van der Waals surface area contributed by atoms with Crippen LogP contribution in [0.3, 0.4) is 0 Å². The highest BCUT2D eigenvalue weighted by Crippen LogP contribution is 2.39. The number of rotatable bonds is 3. The van der Waals surface area contributed by atoms with Crippen LogP contribution in [0.2, 0.25) is 0 Å². The fraction of sp³-hybridized carbons (Fsp3) is 0.350. The van der Waals surface area contributed by atoms with Gasteiger partial charge >= 0.3 is 0 Å². The quantitative estimate of drug-likeness (QED) is 0.740. The maximum absolute atomic E-state index is 14.4. The Bertz CT molecular complexity index is 1200. The van der Waals surface area contributed by atoms with Crippen molar-refractivity contribution in [3.05, 3.63) is 69.5 Å². The number of nitrogens with zero attached hydrogens (tertiary/aromatic N) is 5. The largest absolute Gasteiger partial charge is 0.432 e. The molecule has 162 valence electrons. The molecule has 0 saturated heterocycles. The minimum absolute atomic E-state index is 0.0377. The number of allylic oxidation sites excluding steroid dienone is 3. The van der Waals surface area contributed by atoms with Gasteiger partial charge in [-0.2, -0.15) is 0 Å². The Kier molecular flexibility index (Phi) is 4.67. The van der Waals surface area contributed by atoms with E-state index in [4.69, 9.17) is 20.5 Å². The number of aryl methyl sites for hydroxylation is 1. The molecule has 1 N–H and O–H groups in total. The number of imidazole rings is 1. The van der Waals surface area contributed by atoms with Crippen molar-refractivity contribution in [2.24, 2.45) is 4.47 Å². The lowest BCUT2D eigenvalue weighted by atomic mass is 10.1. The predicted molar refractivity (Wildman–Crippen MR) is 114 cm³/mol. The maximum atomic E-state index is 14.4. The third kappa shape index (κ3) is 3.34. The van der Waals surface area contributed by atoms with Crippen molar-refractivity contribution in [2.45, 2.75) is 38.2 Å². The molecule has 0 fully saturated rings. The van der Waals surface area contributed by atoms with E-state index in [-0.39, 0.29) is 17.6 Å². The number of hydrogen-bond donors (Lipinski definition) is 1. The summed E-state index contributed by atoms with van der Waals surface area (Å²) in [5, 5.41) is 3.82. The lowest BCUT2D eigenvalue weighted by Gasteiger charge is -2.34. The van der Waals surface area contributed by atoms with Gasteiger partial charge in [0, 0.05) is 30.3 Å². The van der Waals surface area contributed by atoms with E-state index < -0.39 is 21.7 Å². The monoisotopic (exact) mass is 462 g/mol. The fourth-order valence-corrected chi connectivity index (χ4v) is 5.94. The van der Waals surface area contributed by atoms with Crippen LogP contribution in [0.25, 0.3) is 0 Å². The van der Waals surface area contributed by atoms with Gasteiger partial charge in [0.15, 0.2) is 5.67 Å². The van der Waals surface area contributed by atoms with E-state index >= 15 is 0 Å². The average Bonchev–Trinajstić information content (AvgIpc) is 3.44. The molecule has 11 heteroatoms. The molecular formula is C20H20ClFN6O2S. The summed E-state index contributed by atoms with van der Waals surface area (Å²) in [7, 11) is -0.737. The van der Waals surface area contributed by atoms with Crippen LogP contribution in [0.1, 0.15) is 52.7 Å². The highest BCUT2D eigenvalue weighted by molar-refractivity contribution is 7.90. The van der Waals surface area contributed by atoms with Gasteiger partial charge in [-0.15, -0.1) is 4.47 Å². The summed E-state index contributed by atoms with van der Waals surface area (Å²) in [5.74, 6) is -0.435. The smallest absolute Gasteiger partial charge is 0.292 e. The Morgan fingerprint density at radius 3 is 2.97 bits per heavy atom. The van der Waals surface area contributed by atoms with Gasteiger partial charge in [0.05, 0.1) is 28.4 Å². The zero-order chi connectivity index (χ0) is 21.9. The number of carbonyl (C=O) groups is 1. The molecule has 3 aliphatic rings. The molecule has 0 radical (unpaired) electrons. The molecule has 3 aliphatic heterocycles. The van der Waals surface area contributed by atoms with Gasteiger partial charge in [0.1, 0.15) is 5.37 Å². The Balaban J connectivity index is 1.56. The molecule has 0 bridgehead atoms. The molecule has 5 heterocycles. The number of alkyl halides is 1. The van der Waals surface area contributed by atoms with Crippen molar-refractivity contribution in [3.63, 3.8) is 0 Å². The van der Waals surface area contributed by atoms with Crippen LogP contribution in [-0.4, -0.2) is 37.3 Å². The van der Waals surface area contributed by atoms with E-state index in [2.05, 4.69) is 15.0 Å². The zero-order valence-corrected chi connectivity index (χ0v) is 18.7. The summed E-state index contributed by atoms with van der Waals surface area (Å²) < 4.78 is 24.7. The summed E-state index contributed by atoms with van der Waals surface area (Å²) in [6.45, 7) is 4.77. The maximum Gasteiger partial charge on any atom is 0.292 e. The van der Waals surface area contributed by atoms with Crippen molar-refractivity contribution < 1.29 is 13.6 Å². The van der Waals surface area contributed by atoms with Crippen LogP contribution < -0.4 is 0 Å². The molecule has 2 aromatic rings. The van der Waals surface area contributed by atoms with Crippen LogP contribution in [0.15, 0.2) is 49.7 Å². The molecular weight excluding hydrogens is 443 g/mol. The number of aromatic nitrogens is 3. The zero-order valence-electron chi connectivity index (χ0n) is 17.1. The van der Waals surface area contributed by atoms with E-state index in [1.807, 2.05) is 17.7 Å². The summed E-state index contributed by atoms with van der Waals surface area (Å²) in [4.78, 5) is 27.0. The number of H-pyrrole nitrogens is 1. The number of halogens is 2. The Hall–Kier alpha value is -2.72. The Labute approximate surface area is 185 Å². The van der Waals surface area contributed by atoms with Gasteiger partial charge in [-0.05, 0) is 43.6 Å². The number of amides is 1. The van der Waals surface area contributed by atoms with Crippen molar-refractivity contribution in [3.8, 4) is 0 Å². The van der Waals surface area contributed by atoms with Crippen molar-refractivity contribution in [1.82, 2.24) is 24.9 Å². The number of aromatic amines is 1. The molecule has 2 atom stereocenters. The minimum Gasteiger partial charge on any atom is -0.432 e. The number of nitrogens with one attached hydrogen (secondary N) is 1. The van der Waals surface area contributed by atoms with E-state index in [1.165, 1.54) is 13.8 Å². The molecule has 0 saturated carbocycles. The molecule has 8 nitrogen and oxygen atoms in total. The van der Waals surface area contributed by atoms with Crippen molar-refractivity contribution in [1.29, 1.82) is 0 Å². The number of fused-ring (bicyclic) bond motifs is 2. The molecule has 31 heavy (non-hydrogen) atoms. The van der Waals surface area contributed by atoms with Crippen LogP contribution in [0.4, 0.5) is 4.39 Å². The van der Waals surface area contributed by atoms with Gasteiger partial charge in [0.2, 0.25) is 11.7 Å². The standard InChI is InChI=1S/C20H20ClFN6O2S/c1-11-16(30-19(25-11)20(2,3)22)17(29)27-8-6-13-15(24-10-23-13)18(27)31-9-14-12(21)5-4-7-28(14)26-31/h4-5,7,9-10,18H,6,8H2,1-3H3,(H,23,24)/t18-,31?/m0/s1. The molecule has 1 amide bonds. The first-order chi connectivity index (χ1) is 14.7. The first-order valence-electron chi connectivity index (χ1n) is 9.73. The first-order valence-corrected chi connectivity index (χ1v) is 11.4. The molecule has 2 aromatic heterocycles. The van der Waals surface area contributed by atoms with E-state index in [9.17, 15) is 9.18 Å². The first kappa shape index (κ1) is 20.2. The van der Waals surface area contributed by atoms with Gasteiger partial charge in [0.25, 0.3) is 5.91 Å². The van der Waals surface area contributed by atoms with Gasteiger partial charge in [-0.1, -0.05) is 11.6 Å². The minimum atomic E-state index is -1.79. The second-order valence-corrected chi connectivity index (χ2v) is 9.85. The molecule has 0 aromatic carbocycles. The number of hydrogen-bond acceptors (Lipinski definition) is 6. The molecule has 1 unspecified atom stereocenters. The predicted octanol–water partition coefficient (Wildman–Crippen LogP) is 4.13. The lowest BCUT2D eigenvalue weighted by Crippen LogP contribution is -2.41. The average molecular weight is 463 g/mol. The van der Waals surface area contributed by atoms with Gasteiger partial charge in [-0.25, -0.2) is 19.4 Å². The van der Waals surface area contributed by atoms with Gasteiger partial charge in [-0.3, -0.25) is 4.79 Å². The second kappa shape index (κ2) is 7.16. The topological polar surface area (TPSA) is 90.6 Å². The van der Waals surface area contributed by atoms with Crippen LogP contribution >= 0.6 is 11.6 Å². The number of carbonyl (C=O) groups excluding carboxylic acids is 1. The molecule has 5 rings (SSSR count). The van der Waals surface area contributed by atoms with Crippen molar-refractivity contribution >= 4 is 28.2 Å². The van der Waals surface area contributed by atoms with Gasteiger partial charge < -0.3 is 14.3 Å². The fourth-order valence-electron chi connectivity index (χ4n) is 3.69. The third-order valence-corrected chi connectivity index (χ3v) is 7.32. The van der Waals surface area contributed by atoms with Crippen LogP contribution in [0, 0.1) is 6.92 Å². The summed E-state index contributed by atoms with van der Waals surface area (Å²) in [6.07, 6.45) is 7.68.